The van der Waals surface area contributed by atoms with E-state index < -0.39 is 10.1 Å². The average molecular weight is 419 g/mol. The molecule has 1 aliphatic heterocycles. The smallest absolute Gasteiger partial charge is 0.305 e. The third-order valence-electron chi connectivity index (χ3n) is 4.92. The second-order valence-corrected chi connectivity index (χ2v) is 8.97. The van der Waals surface area contributed by atoms with E-state index in [1.54, 1.807) is 0 Å². The molecule has 1 aliphatic rings. The molecule has 1 N–H and O–H groups in total. The van der Waals surface area contributed by atoms with Crippen LogP contribution in [0.25, 0.3) is 0 Å². The lowest BCUT2D eigenvalue weighted by Gasteiger charge is -2.34. The summed E-state index contributed by atoms with van der Waals surface area (Å²) in [5, 5.41) is 0. The van der Waals surface area contributed by atoms with Gasteiger partial charge in [0.05, 0.1) is 5.75 Å². The standard InChI is InChI=1S/C20H38N2O5S/c1-2-3-4-5-6-7-8-9-10-11-20(23)27-18-16-21-12-14-22(15-13-21)17-19-28(24,25)26/h4-5H,2-3,6-19H2,1H3,(H,24,25,26)/b5-4+. The average Bonchev–Trinajstić information content (AvgIpc) is 2.65. The van der Waals surface area contributed by atoms with Crippen LogP contribution in [0.3, 0.4) is 0 Å². The van der Waals surface area contributed by atoms with Crippen LogP contribution in [0.5, 0.6) is 0 Å². The summed E-state index contributed by atoms with van der Waals surface area (Å²) in [6, 6.07) is 0. The third-order valence-corrected chi connectivity index (χ3v) is 5.62. The molecule has 1 saturated heterocycles. The van der Waals surface area contributed by atoms with E-state index in [1.807, 2.05) is 4.90 Å². The lowest BCUT2D eigenvalue weighted by atomic mass is 10.1. The summed E-state index contributed by atoms with van der Waals surface area (Å²) in [6.07, 6.45) is 12.8. The molecule has 0 aliphatic carbocycles. The third kappa shape index (κ3) is 14.1. The van der Waals surface area contributed by atoms with E-state index in [9.17, 15) is 13.2 Å². The van der Waals surface area contributed by atoms with E-state index in [2.05, 4.69) is 24.0 Å². The van der Waals surface area contributed by atoms with Crippen LogP contribution in [-0.4, -0.2) is 80.4 Å². The highest BCUT2D eigenvalue weighted by Crippen LogP contribution is 2.07. The van der Waals surface area contributed by atoms with Crippen LogP contribution in [0.4, 0.5) is 0 Å². The molecule has 1 fully saturated rings. The summed E-state index contributed by atoms with van der Waals surface area (Å²) < 4.78 is 35.7. The Kier molecular flexibility index (Phi) is 13.4. The fourth-order valence-corrected chi connectivity index (χ4v) is 3.62. The van der Waals surface area contributed by atoms with E-state index in [1.165, 1.54) is 12.8 Å². The number of unbranched alkanes of at least 4 members (excludes halogenated alkanes) is 5. The number of allylic oxidation sites excluding steroid dienone is 2. The largest absolute Gasteiger partial charge is 0.464 e. The van der Waals surface area contributed by atoms with Crippen LogP contribution in [0.2, 0.25) is 0 Å². The normalized spacial score (nSPS) is 16.6. The van der Waals surface area contributed by atoms with Crippen molar-refractivity contribution in [3.8, 4) is 0 Å². The minimum absolute atomic E-state index is 0.116. The Balaban J connectivity index is 1.95. The van der Waals surface area contributed by atoms with Gasteiger partial charge in [-0.3, -0.25) is 19.1 Å². The number of esters is 1. The number of carbonyl (C=O) groups excluding carboxylic acids is 1. The maximum atomic E-state index is 11.8. The van der Waals surface area contributed by atoms with Gasteiger partial charge < -0.3 is 4.74 Å². The Morgan fingerprint density at radius 3 is 2.21 bits per heavy atom. The Bertz CT molecular complexity index is 543. The van der Waals surface area contributed by atoms with Crippen molar-refractivity contribution in [3.05, 3.63) is 12.2 Å². The molecule has 1 rings (SSSR count). The van der Waals surface area contributed by atoms with Gasteiger partial charge in [0.15, 0.2) is 0 Å². The van der Waals surface area contributed by atoms with Crippen LogP contribution in [-0.2, 0) is 19.6 Å². The van der Waals surface area contributed by atoms with Gasteiger partial charge in [0.1, 0.15) is 6.61 Å². The number of nitrogens with zero attached hydrogens (tertiary/aromatic N) is 2. The van der Waals surface area contributed by atoms with Crippen LogP contribution in [0, 0.1) is 0 Å². The first kappa shape index (κ1) is 25.1. The number of ether oxygens (including phenoxy) is 1. The van der Waals surface area contributed by atoms with Crippen molar-refractivity contribution < 1.29 is 22.5 Å². The lowest BCUT2D eigenvalue weighted by molar-refractivity contribution is -0.144. The van der Waals surface area contributed by atoms with Gasteiger partial charge in [-0.05, 0) is 25.7 Å². The highest BCUT2D eigenvalue weighted by Gasteiger charge is 2.18. The zero-order valence-electron chi connectivity index (χ0n) is 17.4. The zero-order valence-corrected chi connectivity index (χ0v) is 18.2. The Hall–Kier alpha value is -0.960. The topological polar surface area (TPSA) is 87.2 Å². The quantitative estimate of drug-likeness (QED) is 0.189. The summed E-state index contributed by atoms with van der Waals surface area (Å²) in [6.45, 7) is 6.81. The Morgan fingerprint density at radius 1 is 0.964 bits per heavy atom. The monoisotopic (exact) mass is 418 g/mol. The van der Waals surface area contributed by atoms with Crippen molar-refractivity contribution in [1.29, 1.82) is 0 Å². The first-order chi connectivity index (χ1) is 13.4. The summed E-state index contributed by atoms with van der Waals surface area (Å²) in [4.78, 5) is 16.0. The molecule has 0 radical (unpaired) electrons. The van der Waals surface area contributed by atoms with Gasteiger partial charge in [0.25, 0.3) is 10.1 Å². The summed E-state index contributed by atoms with van der Waals surface area (Å²) >= 11 is 0. The molecule has 0 aromatic rings. The van der Waals surface area contributed by atoms with Gasteiger partial charge in [-0.1, -0.05) is 38.3 Å². The van der Waals surface area contributed by atoms with Gasteiger partial charge in [-0.25, -0.2) is 0 Å². The Labute approximate surface area is 170 Å². The maximum absolute atomic E-state index is 11.8. The van der Waals surface area contributed by atoms with Gasteiger partial charge >= 0.3 is 5.97 Å². The molecular weight excluding hydrogens is 380 g/mol. The molecule has 0 amide bonds. The van der Waals surface area contributed by atoms with Gasteiger partial charge in [0.2, 0.25) is 0 Å². The summed E-state index contributed by atoms with van der Waals surface area (Å²) in [7, 11) is -3.89. The van der Waals surface area contributed by atoms with Crippen molar-refractivity contribution in [2.75, 3.05) is 51.6 Å². The van der Waals surface area contributed by atoms with Crippen LogP contribution in [0.1, 0.15) is 58.3 Å². The van der Waals surface area contributed by atoms with Crippen LogP contribution in [0.15, 0.2) is 12.2 Å². The summed E-state index contributed by atoms with van der Waals surface area (Å²) in [5.74, 6) is -0.338. The van der Waals surface area contributed by atoms with Crippen LogP contribution >= 0.6 is 0 Å². The molecule has 0 saturated carbocycles. The fraction of sp³-hybridized carbons (Fsp3) is 0.850. The fourth-order valence-electron chi connectivity index (χ4n) is 3.13. The van der Waals surface area contributed by atoms with Crippen molar-refractivity contribution in [3.63, 3.8) is 0 Å². The Morgan fingerprint density at radius 2 is 1.57 bits per heavy atom. The van der Waals surface area contributed by atoms with E-state index in [4.69, 9.17) is 9.29 Å². The van der Waals surface area contributed by atoms with Gasteiger partial charge in [0, 0.05) is 45.7 Å². The molecule has 0 bridgehead atoms. The molecule has 8 heteroatoms. The van der Waals surface area contributed by atoms with Gasteiger partial charge in [-0.2, -0.15) is 8.42 Å². The SMILES string of the molecule is CCC/C=C/CCCCCCC(=O)OCCN1CCN(CCS(=O)(=O)O)CC1. The second kappa shape index (κ2) is 15.0. The lowest BCUT2D eigenvalue weighted by Crippen LogP contribution is -2.48. The zero-order chi connectivity index (χ0) is 20.7. The number of carbonyl (C=O) groups is 1. The number of piperazine rings is 1. The molecule has 0 unspecified atom stereocenters. The first-order valence-corrected chi connectivity index (χ1v) is 12.2. The number of hydrogen-bond donors (Lipinski definition) is 1. The first-order valence-electron chi connectivity index (χ1n) is 10.6. The molecule has 0 spiro atoms. The van der Waals surface area contributed by atoms with Crippen LogP contribution < -0.4 is 0 Å². The molecule has 0 atom stereocenters. The van der Waals surface area contributed by atoms with Crippen molar-refractivity contribution in [2.24, 2.45) is 0 Å². The number of rotatable bonds is 15. The van der Waals surface area contributed by atoms with Crippen molar-refractivity contribution >= 4 is 16.1 Å². The molecule has 164 valence electrons. The molecule has 7 nitrogen and oxygen atoms in total. The maximum Gasteiger partial charge on any atom is 0.305 e. The molecule has 28 heavy (non-hydrogen) atoms. The molecule has 1 heterocycles. The predicted molar refractivity (Wildman–Crippen MR) is 112 cm³/mol. The molecule has 0 aromatic heterocycles. The van der Waals surface area contributed by atoms with E-state index in [0.717, 1.165) is 58.3 Å². The van der Waals surface area contributed by atoms with E-state index in [0.29, 0.717) is 26.1 Å². The second-order valence-electron chi connectivity index (χ2n) is 7.40. The van der Waals surface area contributed by atoms with E-state index in [-0.39, 0.29) is 11.7 Å². The van der Waals surface area contributed by atoms with Crippen molar-refractivity contribution in [2.45, 2.75) is 58.3 Å². The predicted octanol–water partition coefficient (Wildman–Crippen LogP) is 2.73. The summed E-state index contributed by atoms with van der Waals surface area (Å²) in [5.41, 5.74) is 0. The van der Waals surface area contributed by atoms with E-state index >= 15 is 0 Å². The highest BCUT2D eigenvalue weighted by molar-refractivity contribution is 7.85. The minimum Gasteiger partial charge on any atom is -0.464 e. The highest BCUT2D eigenvalue weighted by atomic mass is 32.2. The van der Waals surface area contributed by atoms with Crippen molar-refractivity contribution in [1.82, 2.24) is 9.80 Å². The van der Waals surface area contributed by atoms with Gasteiger partial charge in [-0.15, -0.1) is 0 Å². The molecular formula is C20H38N2O5S. The number of hydrogen-bond acceptors (Lipinski definition) is 6. The minimum atomic E-state index is -3.89. The molecule has 0 aromatic carbocycles.